The van der Waals surface area contributed by atoms with Crippen molar-refractivity contribution < 1.29 is 4.79 Å². The van der Waals surface area contributed by atoms with Gasteiger partial charge in [0.25, 0.3) is 5.91 Å². The van der Waals surface area contributed by atoms with Gasteiger partial charge >= 0.3 is 0 Å². The van der Waals surface area contributed by atoms with Crippen molar-refractivity contribution in [3.63, 3.8) is 0 Å². The Kier molecular flexibility index (Phi) is 5.10. The van der Waals surface area contributed by atoms with E-state index in [4.69, 9.17) is 11.6 Å². The van der Waals surface area contributed by atoms with Crippen LogP contribution < -0.4 is 5.32 Å². The van der Waals surface area contributed by atoms with E-state index in [0.717, 1.165) is 17.3 Å². The molecule has 1 aromatic carbocycles. The third-order valence-electron chi connectivity index (χ3n) is 3.19. The molecule has 2 atom stereocenters. The molecule has 1 aromatic rings. The first kappa shape index (κ1) is 14.4. The Morgan fingerprint density at radius 1 is 1.33 bits per heavy atom. The Morgan fingerprint density at radius 3 is 2.78 bits per heavy atom. The first-order chi connectivity index (χ1) is 8.59. The Bertz CT molecular complexity index is 453. The third kappa shape index (κ3) is 3.28. The van der Waals surface area contributed by atoms with Crippen LogP contribution in [-0.4, -0.2) is 16.8 Å². The Hall–Kier alpha value is -0.0600. The molecule has 1 aliphatic carbocycles. The van der Waals surface area contributed by atoms with Gasteiger partial charge in [0.1, 0.15) is 0 Å². The summed E-state index contributed by atoms with van der Waals surface area (Å²) in [5, 5.41) is 3.53. The molecule has 1 fully saturated rings. The number of hydrogen-bond donors (Lipinski definition) is 1. The van der Waals surface area contributed by atoms with Crippen LogP contribution in [0.2, 0.25) is 5.02 Å². The molecule has 18 heavy (non-hydrogen) atoms. The zero-order chi connectivity index (χ0) is 13.1. The second-order valence-electron chi connectivity index (χ2n) is 4.48. The maximum absolute atomic E-state index is 12.2. The molecule has 5 heteroatoms. The normalized spacial score (nSPS) is 23.7. The van der Waals surface area contributed by atoms with Crippen molar-refractivity contribution in [2.75, 3.05) is 0 Å². The van der Waals surface area contributed by atoms with E-state index in [1.54, 1.807) is 6.07 Å². The first-order valence-corrected chi connectivity index (χ1v) is 8.07. The molecule has 1 N–H and O–H groups in total. The van der Waals surface area contributed by atoms with Crippen molar-refractivity contribution in [1.29, 1.82) is 0 Å². The molecule has 2 rings (SSSR count). The van der Waals surface area contributed by atoms with Crippen LogP contribution >= 0.6 is 43.5 Å². The molecule has 0 aromatic heterocycles. The molecule has 1 amide bonds. The maximum atomic E-state index is 12.2. The van der Waals surface area contributed by atoms with Gasteiger partial charge in [0, 0.05) is 15.3 Å². The number of rotatable bonds is 2. The average Bonchev–Trinajstić information content (AvgIpc) is 2.35. The van der Waals surface area contributed by atoms with Crippen molar-refractivity contribution >= 4 is 49.4 Å². The summed E-state index contributed by atoms with van der Waals surface area (Å²) in [4.78, 5) is 12.6. The van der Waals surface area contributed by atoms with Crippen molar-refractivity contribution in [3.05, 3.63) is 33.3 Å². The lowest BCUT2D eigenvalue weighted by atomic mass is 9.95. The van der Waals surface area contributed by atoms with Gasteiger partial charge in [0.05, 0.1) is 10.6 Å². The molecule has 98 valence electrons. The summed E-state index contributed by atoms with van der Waals surface area (Å²) in [6.45, 7) is 0. The van der Waals surface area contributed by atoms with Gasteiger partial charge in [-0.1, -0.05) is 46.4 Å². The maximum Gasteiger partial charge on any atom is 0.253 e. The molecule has 0 aliphatic heterocycles. The highest BCUT2D eigenvalue weighted by molar-refractivity contribution is 9.10. The summed E-state index contributed by atoms with van der Waals surface area (Å²) in [6, 6.07) is 5.58. The van der Waals surface area contributed by atoms with Crippen molar-refractivity contribution in [2.45, 2.75) is 36.6 Å². The second kappa shape index (κ2) is 6.40. The Labute approximate surface area is 129 Å². The molecular formula is C13H14Br2ClNO. The zero-order valence-electron chi connectivity index (χ0n) is 9.76. The highest BCUT2D eigenvalue weighted by Gasteiger charge is 2.25. The number of nitrogens with one attached hydrogen (secondary N) is 1. The lowest BCUT2D eigenvalue weighted by molar-refractivity contribution is 0.0930. The van der Waals surface area contributed by atoms with Crippen molar-refractivity contribution in [1.82, 2.24) is 5.32 Å². The number of carbonyl (C=O) groups excluding carboxylic acids is 1. The number of alkyl halides is 1. The fourth-order valence-corrected chi connectivity index (χ4v) is 3.47. The van der Waals surface area contributed by atoms with Gasteiger partial charge in [-0.05, 0) is 40.9 Å². The Morgan fingerprint density at radius 2 is 2.06 bits per heavy atom. The van der Waals surface area contributed by atoms with Crippen molar-refractivity contribution in [3.8, 4) is 0 Å². The van der Waals surface area contributed by atoms with Gasteiger partial charge in [0.2, 0.25) is 0 Å². The number of amides is 1. The monoisotopic (exact) mass is 393 g/mol. The molecule has 0 radical (unpaired) electrons. The van der Waals surface area contributed by atoms with E-state index < -0.39 is 0 Å². The molecule has 0 bridgehead atoms. The highest BCUT2D eigenvalue weighted by Crippen LogP contribution is 2.28. The number of benzene rings is 1. The van der Waals surface area contributed by atoms with Crippen LogP contribution in [0, 0.1) is 0 Å². The largest absolute Gasteiger partial charge is 0.348 e. The Balaban J connectivity index is 2.09. The fourth-order valence-electron chi connectivity index (χ4n) is 2.17. The molecule has 0 heterocycles. The summed E-state index contributed by atoms with van der Waals surface area (Å²) in [6.07, 6.45) is 4.52. The van der Waals surface area contributed by atoms with Gasteiger partial charge in [-0.15, -0.1) is 0 Å². The summed E-state index contributed by atoms with van der Waals surface area (Å²) >= 11 is 13.1. The number of halogens is 3. The molecule has 0 saturated heterocycles. The molecule has 0 spiro atoms. The summed E-state index contributed by atoms with van der Waals surface area (Å²) < 4.78 is 0.746. The van der Waals surface area contributed by atoms with E-state index in [0.29, 0.717) is 15.4 Å². The SMILES string of the molecule is O=C(NC1CCCCC1Br)c1cccc(Br)c1Cl. The first-order valence-electron chi connectivity index (χ1n) is 5.98. The lowest BCUT2D eigenvalue weighted by Gasteiger charge is -2.28. The summed E-state index contributed by atoms with van der Waals surface area (Å²) in [5.41, 5.74) is 0.524. The van der Waals surface area contributed by atoms with Gasteiger partial charge in [-0.2, -0.15) is 0 Å². The molecular weight excluding hydrogens is 381 g/mol. The van der Waals surface area contributed by atoms with Gasteiger partial charge in [-0.3, -0.25) is 4.79 Å². The molecule has 2 unspecified atom stereocenters. The smallest absolute Gasteiger partial charge is 0.253 e. The van der Waals surface area contributed by atoms with Gasteiger partial charge in [-0.25, -0.2) is 0 Å². The van der Waals surface area contributed by atoms with E-state index >= 15 is 0 Å². The predicted octanol–water partition coefficient (Wildman–Crippen LogP) is 4.54. The minimum absolute atomic E-state index is 0.0994. The van der Waals surface area contributed by atoms with Crippen LogP contribution in [0.4, 0.5) is 0 Å². The van der Waals surface area contributed by atoms with Crippen LogP contribution in [0.25, 0.3) is 0 Å². The van der Waals surface area contributed by atoms with E-state index in [2.05, 4.69) is 37.2 Å². The van der Waals surface area contributed by atoms with Crippen LogP contribution in [0.15, 0.2) is 22.7 Å². The van der Waals surface area contributed by atoms with Crippen LogP contribution in [0.5, 0.6) is 0 Å². The van der Waals surface area contributed by atoms with Gasteiger partial charge in [0.15, 0.2) is 0 Å². The fraction of sp³-hybridized carbons (Fsp3) is 0.462. The van der Waals surface area contributed by atoms with Crippen LogP contribution in [0.3, 0.4) is 0 Å². The number of hydrogen-bond acceptors (Lipinski definition) is 1. The average molecular weight is 396 g/mol. The third-order valence-corrected chi connectivity index (χ3v) is 5.59. The molecule has 2 nitrogen and oxygen atoms in total. The van der Waals surface area contributed by atoms with Crippen LogP contribution in [-0.2, 0) is 0 Å². The standard InChI is InChI=1S/C13H14Br2ClNO/c14-9-5-1-2-7-11(9)17-13(18)8-4-3-6-10(15)12(8)16/h3-4,6,9,11H,1-2,5,7H2,(H,17,18). The van der Waals surface area contributed by atoms with E-state index in [1.807, 2.05) is 12.1 Å². The minimum atomic E-state index is -0.0994. The highest BCUT2D eigenvalue weighted by atomic mass is 79.9. The minimum Gasteiger partial charge on any atom is -0.348 e. The quantitative estimate of drug-likeness (QED) is 0.732. The topological polar surface area (TPSA) is 29.1 Å². The van der Waals surface area contributed by atoms with Crippen molar-refractivity contribution in [2.24, 2.45) is 0 Å². The lowest BCUT2D eigenvalue weighted by Crippen LogP contribution is -2.42. The van der Waals surface area contributed by atoms with Crippen LogP contribution in [0.1, 0.15) is 36.0 Å². The summed E-state index contributed by atoms with van der Waals surface area (Å²) in [5.74, 6) is -0.0994. The van der Waals surface area contributed by atoms with E-state index in [-0.39, 0.29) is 11.9 Å². The number of carbonyl (C=O) groups is 1. The molecule has 1 saturated carbocycles. The van der Waals surface area contributed by atoms with E-state index in [9.17, 15) is 4.79 Å². The predicted molar refractivity (Wildman–Crippen MR) is 81.6 cm³/mol. The van der Waals surface area contributed by atoms with Gasteiger partial charge < -0.3 is 5.32 Å². The van der Waals surface area contributed by atoms with E-state index in [1.165, 1.54) is 12.8 Å². The summed E-state index contributed by atoms with van der Waals surface area (Å²) in [7, 11) is 0. The molecule has 1 aliphatic rings. The second-order valence-corrected chi connectivity index (χ2v) is 6.89. The zero-order valence-corrected chi connectivity index (χ0v) is 13.7.